The molecule has 0 bridgehead atoms. The average Bonchev–Trinajstić information content (AvgIpc) is 2.80. The van der Waals surface area contributed by atoms with Crippen LogP contribution < -0.4 is 0 Å². The maximum absolute atomic E-state index is 12.9. The third-order valence-electron chi connectivity index (χ3n) is 4.50. The van der Waals surface area contributed by atoms with E-state index in [4.69, 9.17) is 0 Å². The van der Waals surface area contributed by atoms with Gasteiger partial charge in [0.2, 0.25) is 0 Å². The van der Waals surface area contributed by atoms with E-state index >= 15 is 0 Å². The van der Waals surface area contributed by atoms with Crippen LogP contribution >= 0.6 is 11.8 Å². The minimum Gasteiger partial charge on any atom is -0.480 e. The van der Waals surface area contributed by atoms with Gasteiger partial charge in [0.15, 0.2) is 0 Å². The molecule has 2 nitrogen and oxygen atoms in total. The van der Waals surface area contributed by atoms with E-state index in [-0.39, 0.29) is 11.2 Å². The molecule has 2 aliphatic rings. The monoisotopic (exact) mass is 280 g/mol. The maximum Gasteiger partial charge on any atom is 0.320 e. The summed E-state index contributed by atoms with van der Waals surface area (Å²) in [5.74, 6) is -1.01. The summed E-state index contributed by atoms with van der Waals surface area (Å²) in [6, 6.07) is 6.12. The molecule has 0 aromatic heterocycles. The molecular formula is C15H17FO2S. The molecule has 1 aromatic carbocycles. The molecule has 1 spiro atoms. The molecule has 0 radical (unpaired) electrons. The van der Waals surface area contributed by atoms with Crippen molar-refractivity contribution in [3.63, 3.8) is 0 Å². The number of thioether (sulfide) groups is 1. The summed E-state index contributed by atoms with van der Waals surface area (Å²) in [6.45, 7) is 0. The van der Waals surface area contributed by atoms with E-state index in [2.05, 4.69) is 0 Å². The summed E-state index contributed by atoms with van der Waals surface area (Å²) < 4.78 is 12.2. The smallest absolute Gasteiger partial charge is 0.320 e. The molecule has 3 rings (SSSR count). The Balaban J connectivity index is 1.76. The van der Waals surface area contributed by atoms with Crippen LogP contribution in [0.15, 0.2) is 29.2 Å². The number of carboxylic acid groups (broad SMARTS) is 1. The SMILES string of the molecule is O=C(O)C1(Sc2ccc(F)cc2)CC2(CCCC2)C1. The Labute approximate surface area is 116 Å². The van der Waals surface area contributed by atoms with E-state index < -0.39 is 10.7 Å². The van der Waals surface area contributed by atoms with Crippen molar-refractivity contribution in [3.8, 4) is 0 Å². The second-order valence-electron chi connectivity index (χ2n) is 5.92. The zero-order chi connectivity index (χ0) is 13.5. The lowest BCUT2D eigenvalue weighted by Crippen LogP contribution is -2.53. The normalized spacial score (nSPS) is 23.2. The number of hydrogen-bond donors (Lipinski definition) is 1. The Morgan fingerprint density at radius 2 is 1.74 bits per heavy atom. The average molecular weight is 280 g/mol. The van der Waals surface area contributed by atoms with Crippen LogP contribution in [-0.4, -0.2) is 15.8 Å². The largest absolute Gasteiger partial charge is 0.480 e. The van der Waals surface area contributed by atoms with E-state index in [0.29, 0.717) is 0 Å². The fraction of sp³-hybridized carbons (Fsp3) is 0.533. The summed E-state index contributed by atoms with van der Waals surface area (Å²) >= 11 is 1.39. The van der Waals surface area contributed by atoms with Crippen molar-refractivity contribution in [2.75, 3.05) is 0 Å². The van der Waals surface area contributed by atoms with Crippen molar-refractivity contribution >= 4 is 17.7 Å². The minimum atomic E-state index is -0.723. The molecule has 2 fully saturated rings. The lowest BCUT2D eigenvalue weighted by atomic mass is 9.60. The molecule has 4 heteroatoms. The fourth-order valence-electron chi connectivity index (χ4n) is 3.63. The molecule has 0 amide bonds. The molecule has 1 N–H and O–H groups in total. The zero-order valence-electron chi connectivity index (χ0n) is 10.7. The van der Waals surface area contributed by atoms with Crippen molar-refractivity contribution in [1.82, 2.24) is 0 Å². The van der Waals surface area contributed by atoms with Crippen molar-refractivity contribution < 1.29 is 14.3 Å². The minimum absolute atomic E-state index is 0.283. The van der Waals surface area contributed by atoms with Gasteiger partial charge >= 0.3 is 5.97 Å². The molecule has 102 valence electrons. The van der Waals surface area contributed by atoms with Crippen LogP contribution in [0.3, 0.4) is 0 Å². The molecule has 0 saturated heterocycles. The number of aliphatic carboxylic acids is 1. The van der Waals surface area contributed by atoms with Crippen LogP contribution in [0.2, 0.25) is 0 Å². The summed E-state index contributed by atoms with van der Waals surface area (Å²) in [4.78, 5) is 12.5. The van der Waals surface area contributed by atoms with E-state index in [1.165, 1.54) is 49.6 Å². The van der Waals surface area contributed by atoms with E-state index in [1.807, 2.05) is 0 Å². The molecule has 1 aromatic rings. The first-order valence-corrected chi connectivity index (χ1v) is 7.53. The van der Waals surface area contributed by atoms with Gasteiger partial charge in [-0.3, -0.25) is 4.79 Å². The standard InChI is InChI=1S/C15H17FO2S/c16-11-3-5-12(6-4-11)19-15(13(17)18)9-14(10-15)7-1-2-8-14/h3-6H,1-2,7-10H2,(H,17,18). The van der Waals surface area contributed by atoms with Crippen LogP contribution in [0, 0.1) is 11.2 Å². The Hall–Kier alpha value is -1.03. The maximum atomic E-state index is 12.9. The lowest BCUT2D eigenvalue weighted by molar-refractivity contribution is -0.146. The van der Waals surface area contributed by atoms with E-state index in [0.717, 1.165) is 17.7 Å². The van der Waals surface area contributed by atoms with Gasteiger partial charge in [0.1, 0.15) is 10.6 Å². The van der Waals surface area contributed by atoms with Gasteiger partial charge in [0.25, 0.3) is 0 Å². The second-order valence-corrected chi connectivity index (χ2v) is 7.37. The quantitative estimate of drug-likeness (QED) is 0.906. The molecule has 0 aliphatic heterocycles. The van der Waals surface area contributed by atoms with Gasteiger partial charge in [-0.2, -0.15) is 0 Å². The van der Waals surface area contributed by atoms with Gasteiger partial charge in [-0.1, -0.05) is 12.8 Å². The zero-order valence-corrected chi connectivity index (χ0v) is 11.5. The van der Waals surface area contributed by atoms with Crippen LogP contribution in [0.4, 0.5) is 4.39 Å². The van der Waals surface area contributed by atoms with Gasteiger partial charge in [-0.25, -0.2) is 4.39 Å². The van der Waals surface area contributed by atoms with Crippen molar-refractivity contribution in [2.45, 2.75) is 48.2 Å². The molecule has 0 heterocycles. The molecule has 2 saturated carbocycles. The van der Waals surface area contributed by atoms with Crippen LogP contribution in [-0.2, 0) is 4.79 Å². The molecular weight excluding hydrogens is 263 g/mol. The van der Waals surface area contributed by atoms with Crippen LogP contribution in [0.25, 0.3) is 0 Å². The summed E-state index contributed by atoms with van der Waals surface area (Å²) in [7, 11) is 0. The third-order valence-corrected chi connectivity index (χ3v) is 5.86. The molecule has 2 aliphatic carbocycles. The van der Waals surface area contributed by atoms with Gasteiger partial charge in [-0.15, -0.1) is 11.8 Å². The highest BCUT2D eigenvalue weighted by Gasteiger charge is 2.60. The topological polar surface area (TPSA) is 37.3 Å². The number of rotatable bonds is 3. The van der Waals surface area contributed by atoms with Crippen LogP contribution in [0.1, 0.15) is 38.5 Å². The summed E-state index contributed by atoms with van der Waals surface area (Å²) in [6.07, 6.45) is 6.33. The van der Waals surface area contributed by atoms with Gasteiger partial charge in [0, 0.05) is 4.90 Å². The Morgan fingerprint density at radius 1 is 1.16 bits per heavy atom. The first-order valence-electron chi connectivity index (χ1n) is 6.72. The highest BCUT2D eigenvalue weighted by molar-refractivity contribution is 8.01. The predicted octanol–water partition coefficient (Wildman–Crippen LogP) is 4.10. The van der Waals surface area contributed by atoms with Gasteiger partial charge < -0.3 is 5.11 Å². The number of carboxylic acids is 1. The molecule has 0 atom stereocenters. The number of hydrogen-bond acceptors (Lipinski definition) is 2. The second kappa shape index (κ2) is 4.51. The van der Waals surface area contributed by atoms with Gasteiger partial charge in [0.05, 0.1) is 0 Å². The van der Waals surface area contributed by atoms with Crippen LogP contribution in [0.5, 0.6) is 0 Å². The van der Waals surface area contributed by atoms with Crippen molar-refractivity contribution in [2.24, 2.45) is 5.41 Å². The number of halogens is 1. The number of benzene rings is 1. The Bertz CT molecular complexity index is 483. The first-order chi connectivity index (χ1) is 9.04. The van der Waals surface area contributed by atoms with E-state index in [1.54, 1.807) is 12.1 Å². The Morgan fingerprint density at radius 3 is 2.26 bits per heavy atom. The predicted molar refractivity (Wildman–Crippen MR) is 72.8 cm³/mol. The van der Waals surface area contributed by atoms with Crippen molar-refractivity contribution in [3.05, 3.63) is 30.1 Å². The van der Waals surface area contributed by atoms with Crippen molar-refractivity contribution in [1.29, 1.82) is 0 Å². The summed E-state index contributed by atoms with van der Waals surface area (Å²) in [5.41, 5.74) is 0.283. The van der Waals surface area contributed by atoms with E-state index in [9.17, 15) is 14.3 Å². The third kappa shape index (κ3) is 2.27. The van der Waals surface area contributed by atoms with Gasteiger partial charge in [-0.05, 0) is 55.4 Å². The Kier molecular flexibility index (Phi) is 3.08. The first kappa shape index (κ1) is 13.0. The highest BCUT2D eigenvalue weighted by atomic mass is 32.2. The molecule has 19 heavy (non-hydrogen) atoms. The lowest BCUT2D eigenvalue weighted by Gasteiger charge is -2.52. The summed E-state index contributed by atoms with van der Waals surface area (Å²) in [5, 5.41) is 9.55. The number of carbonyl (C=O) groups is 1. The fourth-order valence-corrected chi connectivity index (χ4v) is 5.20. The highest BCUT2D eigenvalue weighted by Crippen LogP contribution is 2.64. The molecule has 0 unspecified atom stereocenters.